The second-order valence-corrected chi connectivity index (χ2v) is 3.89. The van der Waals surface area contributed by atoms with E-state index in [2.05, 4.69) is 0 Å². The van der Waals surface area contributed by atoms with Crippen molar-refractivity contribution in [2.75, 3.05) is 0 Å². The maximum Gasteiger partial charge on any atom is 0.305 e. The Morgan fingerprint density at radius 2 is 1.79 bits per heavy atom. The van der Waals surface area contributed by atoms with Crippen LogP contribution in [0.4, 0.5) is 5.69 Å². The maximum atomic E-state index is 11.0. The Labute approximate surface area is 113 Å². The molecule has 19 heavy (non-hydrogen) atoms. The third-order valence-electron chi connectivity index (χ3n) is 2.01. The van der Waals surface area contributed by atoms with E-state index in [1.165, 1.54) is 18.2 Å². The third-order valence-corrected chi connectivity index (χ3v) is 2.34. The third kappa shape index (κ3) is 3.92. The lowest BCUT2D eigenvalue weighted by molar-refractivity contribution is -0.386. The predicted molar refractivity (Wildman–Crippen MR) is 64.4 cm³/mol. The summed E-state index contributed by atoms with van der Waals surface area (Å²) in [5.41, 5.74) is -0.584. The molecule has 0 aliphatic carbocycles. The molecule has 102 valence electrons. The molecule has 0 unspecified atom stereocenters. The Kier molecular flexibility index (Phi) is 4.82. The molecular formula is C11H10ClNO6. The zero-order chi connectivity index (χ0) is 14.6. The molecule has 0 aromatic heterocycles. The van der Waals surface area contributed by atoms with Gasteiger partial charge in [0.25, 0.3) is 12.0 Å². The summed E-state index contributed by atoms with van der Waals surface area (Å²) >= 11 is 5.85. The number of nitro groups is 1. The molecule has 0 fully saturated rings. The number of rotatable bonds is 4. The minimum absolute atomic E-state index is 0.0401. The monoisotopic (exact) mass is 287 g/mol. The van der Waals surface area contributed by atoms with Crippen molar-refractivity contribution >= 4 is 29.2 Å². The van der Waals surface area contributed by atoms with Gasteiger partial charge in [0, 0.05) is 19.9 Å². The Balaban J connectivity index is 3.31. The normalized spacial score (nSPS) is 10.1. The highest BCUT2D eigenvalue weighted by Crippen LogP contribution is 2.34. The first-order chi connectivity index (χ1) is 8.82. The molecule has 0 aliphatic heterocycles. The standard InChI is InChI=1S/C11H10ClNO6/c1-6(14)18-11(19-7(2)15)10-8(12)4-3-5-9(10)13(16)17/h3-5,11H,1-2H3. The summed E-state index contributed by atoms with van der Waals surface area (Å²) in [6, 6.07) is 3.90. The lowest BCUT2D eigenvalue weighted by atomic mass is 10.1. The van der Waals surface area contributed by atoms with Gasteiger partial charge in [0.2, 0.25) is 0 Å². The molecule has 1 aromatic carbocycles. The largest absolute Gasteiger partial charge is 0.420 e. The average Bonchev–Trinajstić information content (AvgIpc) is 2.26. The molecule has 0 saturated carbocycles. The van der Waals surface area contributed by atoms with Crippen molar-refractivity contribution in [1.29, 1.82) is 0 Å². The number of ether oxygens (including phenoxy) is 2. The maximum absolute atomic E-state index is 11.0. The number of hydrogen-bond donors (Lipinski definition) is 0. The summed E-state index contributed by atoms with van der Waals surface area (Å²) in [4.78, 5) is 32.2. The lowest BCUT2D eigenvalue weighted by Gasteiger charge is -2.17. The highest BCUT2D eigenvalue weighted by molar-refractivity contribution is 6.31. The first-order valence-electron chi connectivity index (χ1n) is 5.10. The summed E-state index contributed by atoms with van der Waals surface area (Å²) in [5, 5.41) is 10.9. The van der Waals surface area contributed by atoms with E-state index in [0.717, 1.165) is 13.8 Å². The molecule has 1 rings (SSSR count). The van der Waals surface area contributed by atoms with Gasteiger partial charge in [0.05, 0.1) is 9.95 Å². The Morgan fingerprint density at radius 3 is 2.21 bits per heavy atom. The van der Waals surface area contributed by atoms with Crippen molar-refractivity contribution in [3.63, 3.8) is 0 Å². The molecule has 0 atom stereocenters. The topological polar surface area (TPSA) is 95.7 Å². The van der Waals surface area contributed by atoms with Gasteiger partial charge < -0.3 is 9.47 Å². The van der Waals surface area contributed by atoms with Crippen LogP contribution in [0.3, 0.4) is 0 Å². The molecule has 0 heterocycles. The molecule has 0 aliphatic rings. The number of carbonyl (C=O) groups excluding carboxylic acids is 2. The molecule has 8 heteroatoms. The van der Waals surface area contributed by atoms with Crippen LogP contribution in [0, 0.1) is 10.1 Å². The minimum Gasteiger partial charge on any atom is -0.420 e. The Hall–Kier alpha value is -2.15. The van der Waals surface area contributed by atoms with Gasteiger partial charge in [-0.25, -0.2) is 0 Å². The zero-order valence-electron chi connectivity index (χ0n) is 10.1. The van der Waals surface area contributed by atoms with Gasteiger partial charge >= 0.3 is 11.9 Å². The van der Waals surface area contributed by atoms with Crippen molar-refractivity contribution in [1.82, 2.24) is 0 Å². The number of nitrogens with zero attached hydrogens (tertiary/aromatic N) is 1. The van der Waals surface area contributed by atoms with Crippen molar-refractivity contribution in [2.45, 2.75) is 20.1 Å². The highest BCUT2D eigenvalue weighted by Gasteiger charge is 2.29. The van der Waals surface area contributed by atoms with Crippen LogP contribution in [0.5, 0.6) is 0 Å². The molecule has 0 N–H and O–H groups in total. The Bertz CT molecular complexity index is 514. The van der Waals surface area contributed by atoms with Crippen LogP contribution in [-0.4, -0.2) is 16.9 Å². The number of hydrogen-bond acceptors (Lipinski definition) is 6. The van der Waals surface area contributed by atoms with Crippen LogP contribution >= 0.6 is 11.6 Å². The van der Waals surface area contributed by atoms with E-state index in [0.29, 0.717) is 0 Å². The molecule has 0 radical (unpaired) electrons. The van der Waals surface area contributed by atoms with Gasteiger partial charge in [-0.15, -0.1) is 0 Å². The van der Waals surface area contributed by atoms with E-state index >= 15 is 0 Å². The number of esters is 2. The second kappa shape index (κ2) is 6.14. The summed E-state index contributed by atoms with van der Waals surface area (Å²) in [6.45, 7) is 2.17. The quantitative estimate of drug-likeness (QED) is 0.365. The number of benzene rings is 1. The van der Waals surface area contributed by atoms with Crippen LogP contribution in [-0.2, 0) is 19.1 Å². The van der Waals surface area contributed by atoms with Crippen LogP contribution < -0.4 is 0 Å². The lowest BCUT2D eigenvalue weighted by Crippen LogP contribution is -2.16. The molecule has 0 saturated heterocycles. The van der Waals surface area contributed by atoms with E-state index < -0.39 is 28.8 Å². The van der Waals surface area contributed by atoms with Crippen molar-refractivity contribution < 1.29 is 24.0 Å². The highest BCUT2D eigenvalue weighted by atomic mass is 35.5. The summed E-state index contributed by atoms with van der Waals surface area (Å²) in [6.07, 6.45) is -1.55. The summed E-state index contributed by atoms with van der Waals surface area (Å²) in [7, 11) is 0. The fourth-order valence-corrected chi connectivity index (χ4v) is 1.62. The van der Waals surface area contributed by atoms with Gasteiger partial charge in [-0.2, -0.15) is 0 Å². The fraction of sp³-hybridized carbons (Fsp3) is 0.273. The zero-order valence-corrected chi connectivity index (χ0v) is 10.8. The van der Waals surface area contributed by atoms with Crippen molar-refractivity contribution in [2.24, 2.45) is 0 Å². The molecule has 7 nitrogen and oxygen atoms in total. The van der Waals surface area contributed by atoms with Crippen LogP contribution in [0.25, 0.3) is 0 Å². The molecule has 1 aromatic rings. The fourth-order valence-electron chi connectivity index (χ4n) is 1.36. The van der Waals surface area contributed by atoms with Gasteiger partial charge in [-0.05, 0) is 6.07 Å². The summed E-state index contributed by atoms with van der Waals surface area (Å²) in [5.74, 6) is -1.53. The van der Waals surface area contributed by atoms with Crippen molar-refractivity contribution in [3.8, 4) is 0 Å². The van der Waals surface area contributed by atoms with Crippen LogP contribution in [0.2, 0.25) is 5.02 Å². The van der Waals surface area contributed by atoms with Crippen LogP contribution in [0.15, 0.2) is 18.2 Å². The SMILES string of the molecule is CC(=O)OC(OC(C)=O)c1c(Cl)cccc1[N+](=O)[O-]. The molecular weight excluding hydrogens is 278 g/mol. The van der Waals surface area contributed by atoms with Gasteiger partial charge in [-0.1, -0.05) is 17.7 Å². The van der Waals surface area contributed by atoms with E-state index in [9.17, 15) is 19.7 Å². The van der Waals surface area contributed by atoms with Crippen molar-refractivity contribution in [3.05, 3.63) is 38.9 Å². The smallest absolute Gasteiger partial charge is 0.305 e. The number of halogens is 1. The first-order valence-corrected chi connectivity index (χ1v) is 5.48. The van der Waals surface area contributed by atoms with Gasteiger partial charge in [0.1, 0.15) is 5.56 Å². The second-order valence-electron chi connectivity index (χ2n) is 3.48. The average molecular weight is 288 g/mol. The van der Waals surface area contributed by atoms with E-state index in [1.807, 2.05) is 0 Å². The first kappa shape index (κ1) is 14.9. The van der Waals surface area contributed by atoms with Gasteiger partial charge in [0.15, 0.2) is 0 Å². The minimum atomic E-state index is -1.55. The molecule has 0 bridgehead atoms. The van der Waals surface area contributed by atoms with Crippen LogP contribution in [0.1, 0.15) is 25.7 Å². The van der Waals surface area contributed by atoms with E-state index in [1.54, 1.807) is 0 Å². The molecule has 0 amide bonds. The summed E-state index contributed by atoms with van der Waals surface area (Å²) < 4.78 is 9.50. The van der Waals surface area contributed by atoms with Gasteiger partial charge in [-0.3, -0.25) is 19.7 Å². The predicted octanol–water partition coefficient (Wildman–Crippen LogP) is 2.37. The van der Waals surface area contributed by atoms with E-state index in [4.69, 9.17) is 21.1 Å². The Morgan fingerprint density at radius 1 is 1.26 bits per heavy atom. The number of carbonyl (C=O) groups is 2. The van der Waals surface area contributed by atoms with E-state index in [-0.39, 0.29) is 10.6 Å². The number of nitro benzene ring substituents is 1. The molecule has 0 spiro atoms.